The van der Waals surface area contributed by atoms with Gasteiger partial charge in [-0.25, -0.2) is 4.39 Å². The molecule has 2 fully saturated rings. The first-order chi connectivity index (χ1) is 11.1. The van der Waals surface area contributed by atoms with Crippen molar-refractivity contribution < 1.29 is 13.9 Å². The van der Waals surface area contributed by atoms with Crippen LogP contribution in [0.3, 0.4) is 0 Å². The molecule has 0 aromatic heterocycles. The van der Waals surface area contributed by atoms with E-state index in [9.17, 15) is 9.18 Å². The number of benzene rings is 1. The highest BCUT2D eigenvalue weighted by Crippen LogP contribution is 2.43. The van der Waals surface area contributed by atoms with Gasteiger partial charge in [0.1, 0.15) is 5.82 Å². The van der Waals surface area contributed by atoms with Gasteiger partial charge in [0.25, 0.3) is 0 Å². The van der Waals surface area contributed by atoms with Crippen molar-refractivity contribution in [1.82, 2.24) is 5.32 Å². The Hall–Kier alpha value is -1.17. The van der Waals surface area contributed by atoms with Crippen molar-refractivity contribution in [2.24, 2.45) is 11.1 Å². The topological polar surface area (TPSA) is 64.4 Å². The molecule has 1 saturated carbocycles. The van der Waals surface area contributed by atoms with E-state index in [-0.39, 0.29) is 29.5 Å². The number of nitrogens with two attached hydrogens (primary N) is 1. The molecule has 0 unspecified atom stereocenters. The smallest absolute Gasteiger partial charge is 0.227 e. The Morgan fingerprint density at radius 1 is 1.17 bits per heavy atom. The Balaban J connectivity index is 0.00000208. The van der Waals surface area contributed by atoms with E-state index in [0.717, 1.165) is 24.8 Å². The van der Waals surface area contributed by atoms with E-state index in [0.29, 0.717) is 39.1 Å². The molecule has 4 nitrogen and oxygen atoms in total. The number of carbonyl (C=O) groups excluding carboxylic acids is 1. The second-order valence-corrected chi connectivity index (χ2v) is 6.92. The van der Waals surface area contributed by atoms with Gasteiger partial charge in [0.05, 0.1) is 5.41 Å². The summed E-state index contributed by atoms with van der Waals surface area (Å²) >= 11 is 0. The van der Waals surface area contributed by atoms with Crippen molar-refractivity contribution in [2.75, 3.05) is 26.3 Å². The quantitative estimate of drug-likeness (QED) is 0.852. The molecule has 1 amide bonds. The summed E-state index contributed by atoms with van der Waals surface area (Å²) in [5, 5.41) is 3.13. The van der Waals surface area contributed by atoms with Crippen LogP contribution in [0.2, 0.25) is 0 Å². The van der Waals surface area contributed by atoms with Gasteiger partial charge < -0.3 is 15.8 Å². The minimum atomic E-state index is -0.494. The summed E-state index contributed by atoms with van der Waals surface area (Å²) in [5.74, 6) is -0.187. The maximum Gasteiger partial charge on any atom is 0.227 e. The van der Waals surface area contributed by atoms with Crippen LogP contribution in [0.1, 0.15) is 37.7 Å². The lowest BCUT2D eigenvalue weighted by molar-refractivity contribution is -0.136. The number of nitrogens with one attached hydrogen (secondary N) is 1. The maximum atomic E-state index is 13.2. The van der Waals surface area contributed by atoms with Gasteiger partial charge in [0.2, 0.25) is 5.91 Å². The molecule has 1 heterocycles. The van der Waals surface area contributed by atoms with E-state index in [4.69, 9.17) is 10.5 Å². The summed E-state index contributed by atoms with van der Waals surface area (Å²) in [6.07, 6.45) is 4.55. The fraction of sp³-hybridized carbons (Fsp3) is 0.611. The van der Waals surface area contributed by atoms with Crippen molar-refractivity contribution >= 4 is 18.3 Å². The Morgan fingerprint density at radius 3 is 2.29 bits per heavy atom. The van der Waals surface area contributed by atoms with Crippen LogP contribution in [-0.2, 0) is 14.9 Å². The monoisotopic (exact) mass is 356 g/mol. The lowest BCUT2D eigenvalue weighted by Gasteiger charge is -2.44. The van der Waals surface area contributed by atoms with Crippen LogP contribution >= 0.6 is 12.4 Å². The lowest BCUT2D eigenvalue weighted by Crippen LogP contribution is -2.53. The fourth-order valence-corrected chi connectivity index (χ4v) is 3.70. The molecule has 1 aliphatic heterocycles. The summed E-state index contributed by atoms with van der Waals surface area (Å²) in [5.41, 5.74) is 6.46. The van der Waals surface area contributed by atoms with Crippen LogP contribution in [-0.4, -0.2) is 32.2 Å². The van der Waals surface area contributed by atoms with Gasteiger partial charge in [-0.15, -0.1) is 12.4 Å². The van der Waals surface area contributed by atoms with E-state index in [1.165, 1.54) is 12.1 Å². The summed E-state index contributed by atoms with van der Waals surface area (Å²) in [7, 11) is 0. The van der Waals surface area contributed by atoms with Gasteiger partial charge in [-0.1, -0.05) is 18.6 Å². The van der Waals surface area contributed by atoms with Crippen LogP contribution < -0.4 is 11.1 Å². The van der Waals surface area contributed by atoms with Gasteiger partial charge in [0.15, 0.2) is 0 Å². The SMILES string of the molecule is Cl.NCC1(C(=O)NCC2(c3ccc(F)cc3)CCC2)CCOCC1. The predicted octanol–water partition coefficient (Wildman–Crippen LogP) is 2.54. The maximum absolute atomic E-state index is 13.2. The third-order valence-corrected chi connectivity index (χ3v) is 5.68. The van der Waals surface area contributed by atoms with E-state index in [1.807, 2.05) is 12.1 Å². The van der Waals surface area contributed by atoms with Crippen molar-refractivity contribution in [2.45, 2.75) is 37.5 Å². The molecule has 0 spiro atoms. The number of rotatable bonds is 5. The second-order valence-electron chi connectivity index (χ2n) is 6.92. The first-order valence-electron chi connectivity index (χ1n) is 8.42. The summed E-state index contributed by atoms with van der Waals surface area (Å²) < 4.78 is 18.5. The molecule has 1 aliphatic carbocycles. The molecule has 0 atom stereocenters. The first-order valence-corrected chi connectivity index (χ1v) is 8.42. The molecule has 0 bridgehead atoms. The number of hydrogen-bond acceptors (Lipinski definition) is 3. The molecular weight excluding hydrogens is 331 g/mol. The zero-order valence-electron chi connectivity index (χ0n) is 13.9. The minimum Gasteiger partial charge on any atom is -0.381 e. The lowest BCUT2D eigenvalue weighted by atomic mass is 9.64. The second kappa shape index (κ2) is 7.81. The van der Waals surface area contributed by atoms with Crippen LogP contribution in [0.25, 0.3) is 0 Å². The van der Waals surface area contributed by atoms with Crippen molar-refractivity contribution in [3.63, 3.8) is 0 Å². The molecular formula is C18H26ClFN2O2. The average molecular weight is 357 g/mol. The Morgan fingerprint density at radius 2 is 1.79 bits per heavy atom. The predicted molar refractivity (Wildman–Crippen MR) is 93.7 cm³/mol. The summed E-state index contributed by atoms with van der Waals surface area (Å²) in [6.45, 7) is 2.13. The molecule has 3 N–H and O–H groups in total. The molecule has 1 aromatic carbocycles. The first kappa shape index (κ1) is 19.2. The van der Waals surface area contributed by atoms with Gasteiger partial charge in [-0.2, -0.15) is 0 Å². The molecule has 2 aliphatic rings. The molecule has 6 heteroatoms. The van der Waals surface area contributed by atoms with Gasteiger partial charge in [-0.3, -0.25) is 4.79 Å². The van der Waals surface area contributed by atoms with Crippen molar-refractivity contribution in [3.8, 4) is 0 Å². The third-order valence-electron chi connectivity index (χ3n) is 5.68. The van der Waals surface area contributed by atoms with Crippen LogP contribution in [0.5, 0.6) is 0 Å². The van der Waals surface area contributed by atoms with E-state index < -0.39 is 5.41 Å². The molecule has 134 valence electrons. The number of carbonyl (C=O) groups is 1. The number of amides is 1. The Labute approximate surface area is 148 Å². The summed E-state index contributed by atoms with van der Waals surface area (Å²) in [4.78, 5) is 12.7. The highest BCUT2D eigenvalue weighted by molar-refractivity contribution is 5.85. The molecule has 1 saturated heterocycles. The van der Waals surface area contributed by atoms with Gasteiger partial charge in [-0.05, 0) is 43.4 Å². The molecule has 0 radical (unpaired) electrons. The van der Waals surface area contributed by atoms with E-state index >= 15 is 0 Å². The normalized spacial score (nSPS) is 21.2. The van der Waals surface area contributed by atoms with E-state index in [1.54, 1.807) is 0 Å². The molecule has 1 aromatic rings. The third kappa shape index (κ3) is 3.58. The van der Waals surface area contributed by atoms with Crippen molar-refractivity contribution in [1.29, 1.82) is 0 Å². The molecule has 24 heavy (non-hydrogen) atoms. The van der Waals surface area contributed by atoms with Crippen LogP contribution in [0.15, 0.2) is 24.3 Å². The Bertz CT molecular complexity index is 555. The number of halogens is 2. The van der Waals surface area contributed by atoms with Crippen LogP contribution in [0.4, 0.5) is 4.39 Å². The average Bonchev–Trinajstić information content (AvgIpc) is 2.55. The van der Waals surface area contributed by atoms with Crippen molar-refractivity contribution in [3.05, 3.63) is 35.6 Å². The number of hydrogen-bond donors (Lipinski definition) is 2. The highest BCUT2D eigenvalue weighted by Gasteiger charge is 2.42. The zero-order chi connectivity index (χ0) is 16.3. The van der Waals surface area contributed by atoms with E-state index in [2.05, 4.69) is 5.32 Å². The standard InChI is InChI=1S/C18H25FN2O2.ClH/c19-15-4-2-14(3-5-15)18(6-1-7-18)13-21-16(22)17(12-20)8-10-23-11-9-17;/h2-5H,1,6-13,20H2,(H,21,22);1H. The van der Waals surface area contributed by atoms with Gasteiger partial charge in [0, 0.05) is 31.7 Å². The minimum absolute atomic E-state index is 0. The fourth-order valence-electron chi connectivity index (χ4n) is 3.70. The summed E-state index contributed by atoms with van der Waals surface area (Å²) in [6, 6.07) is 6.68. The van der Waals surface area contributed by atoms with Gasteiger partial charge >= 0.3 is 0 Å². The number of ether oxygens (including phenoxy) is 1. The Kier molecular flexibility index (Phi) is 6.23. The molecule has 3 rings (SSSR count). The largest absolute Gasteiger partial charge is 0.381 e. The van der Waals surface area contributed by atoms with Crippen LogP contribution in [0, 0.1) is 11.2 Å². The highest BCUT2D eigenvalue weighted by atomic mass is 35.5. The zero-order valence-corrected chi connectivity index (χ0v) is 14.7.